The Labute approximate surface area is 103 Å². The van der Waals surface area contributed by atoms with Crippen LogP contribution in [0.4, 0.5) is 10.1 Å². The van der Waals surface area contributed by atoms with Gasteiger partial charge >= 0.3 is 0 Å². The second-order valence-electron chi connectivity index (χ2n) is 4.18. The standard InChI is InChI=1S/C12H16FNO2S/c1-9(15)12-10(13)3-2-4-11(12)14-5-7-17(16)8-6-14/h2-4,9,15H,5-8H2,1H3/t9-/m0/s1. The van der Waals surface area contributed by atoms with E-state index in [1.54, 1.807) is 19.1 Å². The fourth-order valence-corrected chi connectivity index (χ4v) is 3.15. The highest BCUT2D eigenvalue weighted by atomic mass is 32.2. The van der Waals surface area contributed by atoms with Gasteiger partial charge in [0, 0.05) is 46.6 Å². The Morgan fingerprint density at radius 3 is 2.65 bits per heavy atom. The lowest BCUT2D eigenvalue weighted by molar-refractivity contribution is 0.194. The molecule has 1 aliphatic rings. The molecule has 0 amide bonds. The molecule has 0 saturated carbocycles. The molecule has 1 aliphatic heterocycles. The Bertz CT molecular complexity index is 427. The van der Waals surface area contributed by atoms with Crippen molar-refractivity contribution >= 4 is 16.5 Å². The van der Waals surface area contributed by atoms with Crippen LogP contribution in [0, 0.1) is 5.82 Å². The van der Waals surface area contributed by atoms with E-state index in [2.05, 4.69) is 0 Å². The first-order valence-corrected chi connectivity index (χ1v) is 7.15. The lowest BCUT2D eigenvalue weighted by Gasteiger charge is -2.31. The van der Waals surface area contributed by atoms with Gasteiger partial charge in [-0.15, -0.1) is 0 Å². The molecule has 1 fully saturated rings. The van der Waals surface area contributed by atoms with Gasteiger partial charge in [-0.1, -0.05) is 6.07 Å². The van der Waals surface area contributed by atoms with Gasteiger partial charge < -0.3 is 10.0 Å². The minimum atomic E-state index is -0.835. The Kier molecular flexibility index (Phi) is 3.79. The van der Waals surface area contributed by atoms with E-state index < -0.39 is 16.9 Å². The zero-order valence-corrected chi connectivity index (χ0v) is 10.5. The lowest BCUT2D eigenvalue weighted by Crippen LogP contribution is -2.38. The average molecular weight is 257 g/mol. The predicted molar refractivity (Wildman–Crippen MR) is 67.1 cm³/mol. The third kappa shape index (κ3) is 2.66. The van der Waals surface area contributed by atoms with Crippen molar-refractivity contribution in [1.82, 2.24) is 0 Å². The number of nitrogens with zero attached hydrogens (tertiary/aromatic N) is 1. The number of anilines is 1. The van der Waals surface area contributed by atoms with Crippen LogP contribution in [-0.2, 0) is 10.8 Å². The number of benzene rings is 1. The highest BCUT2D eigenvalue weighted by molar-refractivity contribution is 7.85. The molecule has 0 spiro atoms. The summed E-state index contributed by atoms with van der Waals surface area (Å²) < 4.78 is 25.0. The highest BCUT2D eigenvalue weighted by Gasteiger charge is 2.21. The van der Waals surface area contributed by atoms with Gasteiger partial charge in [0.25, 0.3) is 0 Å². The van der Waals surface area contributed by atoms with Gasteiger partial charge in [0.2, 0.25) is 0 Å². The normalized spacial score (nSPS) is 19.4. The fourth-order valence-electron chi connectivity index (χ4n) is 2.09. The van der Waals surface area contributed by atoms with Crippen LogP contribution < -0.4 is 4.90 Å². The summed E-state index contributed by atoms with van der Waals surface area (Å²) >= 11 is 0. The highest BCUT2D eigenvalue weighted by Crippen LogP contribution is 2.29. The summed E-state index contributed by atoms with van der Waals surface area (Å²) in [5, 5.41) is 9.64. The van der Waals surface area contributed by atoms with Crippen molar-refractivity contribution in [2.75, 3.05) is 29.5 Å². The summed E-state index contributed by atoms with van der Waals surface area (Å²) in [7, 11) is -0.755. The molecule has 0 bridgehead atoms. The summed E-state index contributed by atoms with van der Waals surface area (Å²) in [4.78, 5) is 1.99. The first-order chi connectivity index (χ1) is 8.09. The van der Waals surface area contributed by atoms with E-state index in [1.807, 2.05) is 4.90 Å². The molecule has 1 atom stereocenters. The van der Waals surface area contributed by atoms with Crippen LogP contribution in [0.25, 0.3) is 0 Å². The monoisotopic (exact) mass is 257 g/mol. The molecular formula is C12H16FNO2S. The molecule has 0 radical (unpaired) electrons. The van der Waals surface area contributed by atoms with Gasteiger partial charge in [-0.05, 0) is 19.1 Å². The topological polar surface area (TPSA) is 40.5 Å². The number of rotatable bonds is 2. The van der Waals surface area contributed by atoms with Crippen LogP contribution in [-0.4, -0.2) is 33.9 Å². The van der Waals surface area contributed by atoms with Gasteiger partial charge in [0.1, 0.15) is 5.82 Å². The summed E-state index contributed by atoms with van der Waals surface area (Å²) in [6.07, 6.45) is -0.835. The lowest BCUT2D eigenvalue weighted by atomic mass is 10.1. The summed E-state index contributed by atoms with van der Waals surface area (Å²) in [5.74, 6) is 0.829. The Balaban J connectivity index is 2.31. The van der Waals surface area contributed by atoms with Gasteiger partial charge in [-0.3, -0.25) is 4.21 Å². The van der Waals surface area contributed by atoms with E-state index in [0.29, 0.717) is 30.2 Å². The largest absolute Gasteiger partial charge is 0.389 e. The van der Waals surface area contributed by atoms with Crippen molar-refractivity contribution in [2.45, 2.75) is 13.0 Å². The summed E-state index contributed by atoms with van der Waals surface area (Å²) in [6, 6.07) is 4.80. The fraction of sp³-hybridized carbons (Fsp3) is 0.500. The number of halogens is 1. The number of aliphatic hydroxyl groups is 1. The van der Waals surface area contributed by atoms with Crippen molar-refractivity contribution in [1.29, 1.82) is 0 Å². The minimum Gasteiger partial charge on any atom is -0.389 e. The molecule has 1 aromatic rings. The quantitative estimate of drug-likeness (QED) is 0.871. The second kappa shape index (κ2) is 5.14. The van der Waals surface area contributed by atoms with Crippen LogP contribution in [0.1, 0.15) is 18.6 Å². The van der Waals surface area contributed by atoms with Crippen LogP contribution in [0.5, 0.6) is 0 Å². The molecule has 0 unspecified atom stereocenters. The molecule has 2 rings (SSSR count). The second-order valence-corrected chi connectivity index (χ2v) is 5.88. The molecule has 5 heteroatoms. The third-order valence-electron chi connectivity index (χ3n) is 2.97. The number of hydrogen-bond acceptors (Lipinski definition) is 3. The zero-order chi connectivity index (χ0) is 12.4. The van der Waals surface area contributed by atoms with Gasteiger partial charge in [0.05, 0.1) is 6.10 Å². The number of aliphatic hydroxyl groups excluding tert-OH is 1. The van der Waals surface area contributed by atoms with Crippen LogP contribution in [0.3, 0.4) is 0 Å². The van der Waals surface area contributed by atoms with Crippen molar-refractivity contribution < 1.29 is 13.7 Å². The summed E-state index contributed by atoms with van der Waals surface area (Å²) in [5.41, 5.74) is 1.05. The maximum absolute atomic E-state index is 13.7. The van der Waals surface area contributed by atoms with E-state index in [-0.39, 0.29) is 5.82 Å². The predicted octanol–water partition coefficient (Wildman–Crippen LogP) is 1.45. The molecule has 3 nitrogen and oxygen atoms in total. The molecule has 17 heavy (non-hydrogen) atoms. The van der Waals surface area contributed by atoms with Crippen molar-refractivity contribution in [2.24, 2.45) is 0 Å². The first kappa shape index (κ1) is 12.5. The SMILES string of the molecule is C[C@H](O)c1c(F)cccc1N1CCS(=O)CC1. The van der Waals surface area contributed by atoms with E-state index >= 15 is 0 Å². The van der Waals surface area contributed by atoms with E-state index in [9.17, 15) is 13.7 Å². The minimum absolute atomic E-state index is 0.334. The molecule has 0 aliphatic carbocycles. The Morgan fingerprint density at radius 1 is 1.41 bits per heavy atom. The van der Waals surface area contributed by atoms with Crippen molar-refractivity contribution in [3.63, 3.8) is 0 Å². The maximum Gasteiger partial charge on any atom is 0.131 e. The smallest absolute Gasteiger partial charge is 0.131 e. The van der Waals surface area contributed by atoms with Crippen molar-refractivity contribution in [3.8, 4) is 0 Å². The Hall–Kier alpha value is -0.940. The molecule has 0 aromatic heterocycles. The van der Waals surface area contributed by atoms with Gasteiger partial charge in [0.15, 0.2) is 0 Å². The van der Waals surface area contributed by atoms with Gasteiger partial charge in [-0.2, -0.15) is 0 Å². The molecule has 1 aromatic carbocycles. The zero-order valence-electron chi connectivity index (χ0n) is 9.73. The average Bonchev–Trinajstić information content (AvgIpc) is 2.29. The number of hydrogen-bond donors (Lipinski definition) is 1. The summed E-state index contributed by atoms with van der Waals surface area (Å²) in [6.45, 7) is 2.86. The Morgan fingerprint density at radius 2 is 2.06 bits per heavy atom. The molecule has 1 saturated heterocycles. The van der Waals surface area contributed by atoms with Crippen LogP contribution in [0.15, 0.2) is 18.2 Å². The third-order valence-corrected chi connectivity index (χ3v) is 4.24. The first-order valence-electron chi connectivity index (χ1n) is 5.66. The van der Waals surface area contributed by atoms with E-state index in [0.717, 1.165) is 5.69 Å². The van der Waals surface area contributed by atoms with E-state index in [1.165, 1.54) is 6.07 Å². The molecule has 1 N–H and O–H groups in total. The molecule has 1 heterocycles. The molecule has 94 valence electrons. The molecular weight excluding hydrogens is 241 g/mol. The maximum atomic E-state index is 13.7. The van der Waals surface area contributed by atoms with Crippen LogP contribution >= 0.6 is 0 Å². The van der Waals surface area contributed by atoms with E-state index in [4.69, 9.17) is 0 Å². The van der Waals surface area contributed by atoms with Crippen LogP contribution in [0.2, 0.25) is 0 Å². The van der Waals surface area contributed by atoms with Crippen molar-refractivity contribution in [3.05, 3.63) is 29.6 Å². The van der Waals surface area contributed by atoms with Gasteiger partial charge in [-0.25, -0.2) is 4.39 Å².